The zero-order valence-corrected chi connectivity index (χ0v) is 13.6. The van der Waals surface area contributed by atoms with Crippen LogP contribution in [0.25, 0.3) is 0 Å². The van der Waals surface area contributed by atoms with E-state index < -0.39 is 10.2 Å². The molecule has 0 aromatic carbocycles. The molecule has 0 aromatic heterocycles. The zero-order valence-electron chi connectivity index (χ0n) is 4.76. The Labute approximate surface area is 135 Å². The number of hydrogen-bond donors (Lipinski definition) is 0. The molecule has 0 radical (unpaired) electrons. The fraction of sp³-hybridized carbons (Fsp3) is 0. The Morgan fingerprint density at radius 2 is 0.700 bits per heavy atom. The average Bonchev–Trinajstić information content (AvgIpc) is 1.25. The van der Waals surface area contributed by atoms with Crippen molar-refractivity contribution in [1.29, 1.82) is 0 Å². The Morgan fingerprint density at radius 1 is 0.700 bits per heavy atom. The van der Waals surface area contributed by atoms with E-state index in [4.69, 9.17) is 30.6 Å². The monoisotopic (exact) mass is 400 g/mol. The van der Waals surface area contributed by atoms with E-state index in [1.54, 1.807) is 0 Å². The minimum Gasteiger partial charge on any atom is -0.356 e. The molecule has 10 heavy (non-hydrogen) atoms. The summed E-state index contributed by atoms with van der Waals surface area (Å²) in [6, 6.07) is 0. The van der Waals surface area contributed by atoms with Gasteiger partial charge >= 0.3 is 97.8 Å². The largest absolute Gasteiger partial charge is 2.00 e. The van der Waals surface area contributed by atoms with Crippen molar-refractivity contribution in [2.45, 2.75) is 0 Å². The van der Waals surface area contributed by atoms with E-state index in [0.29, 0.717) is 0 Å². The van der Waals surface area contributed by atoms with Gasteiger partial charge in [0.2, 0.25) is 0 Å². The number of hydrogen-bond acceptors (Lipinski definition) is 6. The molecule has 48 valence electrons. The molecule has 0 aliphatic carbocycles. The van der Waals surface area contributed by atoms with Crippen LogP contribution in [0.3, 0.4) is 0 Å². The smallest absolute Gasteiger partial charge is 0.356 e. The maximum absolute atomic E-state index is 8.25. The van der Waals surface area contributed by atoms with Crippen LogP contribution >= 0.6 is 0 Å². The van der Waals surface area contributed by atoms with Gasteiger partial charge in [0.1, 0.15) is 0 Å². The topological polar surface area (TPSA) is 132 Å². The first kappa shape index (κ1) is 22.6. The summed E-state index contributed by atoms with van der Waals surface area (Å²) in [6.45, 7) is 0. The molecular formula is Ba2N2O6+2. The van der Waals surface area contributed by atoms with Crippen LogP contribution in [0.4, 0.5) is 0 Å². The minimum atomic E-state index is -1.75. The summed E-state index contributed by atoms with van der Waals surface area (Å²) >= 11 is 0. The molecule has 0 spiro atoms. The van der Waals surface area contributed by atoms with Crippen molar-refractivity contribution in [2.75, 3.05) is 0 Å². The standard InChI is InChI=1S/2Ba.2NO3/c;;2*2-1(3)4/q2*+2;2*-1. The molecule has 0 atom stereocenters. The Hall–Kier alpha value is 1.54. The van der Waals surface area contributed by atoms with Crippen molar-refractivity contribution in [3.05, 3.63) is 30.6 Å². The van der Waals surface area contributed by atoms with Crippen molar-refractivity contribution in [1.82, 2.24) is 0 Å². The second-order valence-corrected chi connectivity index (χ2v) is 0.447. The van der Waals surface area contributed by atoms with E-state index in [-0.39, 0.29) is 97.8 Å². The van der Waals surface area contributed by atoms with Gasteiger partial charge in [-0.1, -0.05) is 0 Å². The van der Waals surface area contributed by atoms with E-state index in [1.807, 2.05) is 0 Å². The Kier molecular flexibility index (Phi) is 38.1. The summed E-state index contributed by atoms with van der Waals surface area (Å²) in [7, 11) is 0. The quantitative estimate of drug-likeness (QED) is 0.285. The van der Waals surface area contributed by atoms with Crippen LogP contribution in [0, 0.1) is 30.6 Å². The predicted octanol–water partition coefficient (Wildman–Crippen LogP) is -1.24. The van der Waals surface area contributed by atoms with E-state index in [0.717, 1.165) is 0 Å². The third-order valence-corrected chi connectivity index (χ3v) is 0. The number of nitrogens with zero attached hydrogens (tertiary/aromatic N) is 2. The molecule has 10 heteroatoms. The van der Waals surface area contributed by atoms with Crippen LogP contribution in [0.2, 0.25) is 0 Å². The second-order valence-electron chi connectivity index (χ2n) is 0.447. The third kappa shape index (κ3) is 293. The first-order chi connectivity index (χ1) is 3.46. The molecule has 0 heterocycles. The summed E-state index contributed by atoms with van der Waals surface area (Å²) < 4.78 is 0. The van der Waals surface area contributed by atoms with Crippen LogP contribution in [-0.2, 0) is 0 Å². The molecule has 0 fully saturated rings. The van der Waals surface area contributed by atoms with Crippen LogP contribution < -0.4 is 0 Å². The third-order valence-electron chi connectivity index (χ3n) is 0. The van der Waals surface area contributed by atoms with Gasteiger partial charge in [0.15, 0.2) is 0 Å². The molecule has 0 amide bonds. The Morgan fingerprint density at radius 3 is 0.700 bits per heavy atom. The van der Waals surface area contributed by atoms with Crippen molar-refractivity contribution in [2.24, 2.45) is 0 Å². The van der Waals surface area contributed by atoms with Crippen LogP contribution in [0.1, 0.15) is 0 Å². The van der Waals surface area contributed by atoms with Gasteiger partial charge in [0.05, 0.1) is 10.2 Å². The molecule has 0 aliphatic heterocycles. The molecular weight excluding hydrogens is 399 g/mol. The SMILES string of the molecule is O=[N+]([O-])[O-].O=[N+]([O-])[O-].[Ba+2].[Ba+2]. The van der Waals surface area contributed by atoms with Crippen LogP contribution in [-0.4, -0.2) is 108 Å². The molecule has 0 N–H and O–H groups in total. The first-order valence-electron chi connectivity index (χ1n) is 1.10. The van der Waals surface area contributed by atoms with Crippen molar-refractivity contribution in [3.8, 4) is 0 Å². The van der Waals surface area contributed by atoms with Gasteiger partial charge in [-0.3, -0.25) is 0 Å². The summed E-state index contributed by atoms with van der Waals surface area (Å²) in [6.07, 6.45) is 0. The van der Waals surface area contributed by atoms with Gasteiger partial charge in [-0.2, -0.15) is 0 Å². The fourth-order valence-corrected chi connectivity index (χ4v) is 0. The van der Waals surface area contributed by atoms with Gasteiger partial charge in [-0.25, -0.2) is 0 Å². The van der Waals surface area contributed by atoms with E-state index in [9.17, 15) is 0 Å². The van der Waals surface area contributed by atoms with Crippen LogP contribution in [0.5, 0.6) is 0 Å². The molecule has 0 saturated carbocycles. The minimum absolute atomic E-state index is 0. The van der Waals surface area contributed by atoms with E-state index >= 15 is 0 Å². The fourth-order valence-electron chi connectivity index (χ4n) is 0. The van der Waals surface area contributed by atoms with Crippen LogP contribution in [0.15, 0.2) is 0 Å². The van der Waals surface area contributed by atoms with Gasteiger partial charge in [0, 0.05) is 0 Å². The Balaban J connectivity index is -0.0000000300. The molecule has 0 unspecified atom stereocenters. The molecule has 0 rings (SSSR count). The first-order valence-corrected chi connectivity index (χ1v) is 1.10. The van der Waals surface area contributed by atoms with Gasteiger partial charge in [0.25, 0.3) is 0 Å². The summed E-state index contributed by atoms with van der Waals surface area (Å²) in [5.74, 6) is 0. The van der Waals surface area contributed by atoms with E-state index in [1.165, 1.54) is 0 Å². The average molecular weight is 399 g/mol. The number of rotatable bonds is 0. The maximum Gasteiger partial charge on any atom is 2.00 e. The molecule has 0 aliphatic rings. The maximum atomic E-state index is 8.25. The molecule has 0 saturated heterocycles. The summed E-state index contributed by atoms with van der Waals surface area (Å²) in [5, 5.41) is 29.5. The predicted molar refractivity (Wildman–Crippen MR) is 32.2 cm³/mol. The van der Waals surface area contributed by atoms with Gasteiger partial charge in [-0.15, -0.1) is 0 Å². The summed E-state index contributed by atoms with van der Waals surface area (Å²) in [4.78, 5) is 16.5. The Bertz CT molecular complexity index is 71.7. The van der Waals surface area contributed by atoms with Gasteiger partial charge in [-0.05, 0) is 0 Å². The van der Waals surface area contributed by atoms with Gasteiger partial charge < -0.3 is 30.6 Å². The molecule has 8 nitrogen and oxygen atoms in total. The van der Waals surface area contributed by atoms with Crippen molar-refractivity contribution >= 4 is 97.8 Å². The van der Waals surface area contributed by atoms with Crippen molar-refractivity contribution < 1.29 is 10.2 Å². The second kappa shape index (κ2) is 16.9. The van der Waals surface area contributed by atoms with E-state index in [2.05, 4.69) is 0 Å². The van der Waals surface area contributed by atoms with Crippen molar-refractivity contribution in [3.63, 3.8) is 0 Å². The summed E-state index contributed by atoms with van der Waals surface area (Å²) in [5.41, 5.74) is 0. The molecule has 0 aromatic rings. The normalized spacial score (nSPS) is 4.80. The zero-order chi connectivity index (χ0) is 7.15. The molecule has 0 bridgehead atoms.